The lowest BCUT2D eigenvalue weighted by Gasteiger charge is -2.22. The number of rotatable bonds is 6. The number of ether oxygens (including phenoxy) is 2. The highest BCUT2D eigenvalue weighted by atomic mass is 35.5. The monoisotopic (exact) mass is 414 g/mol. The van der Waals surface area contributed by atoms with Gasteiger partial charge >= 0.3 is 5.97 Å². The van der Waals surface area contributed by atoms with Gasteiger partial charge in [0, 0.05) is 17.0 Å². The van der Waals surface area contributed by atoms with Crippen LogP contribution in [-0.2, 0) is 16.0 Å². The molecular formula is C22H23ClN2O4. The summed E-state index contributed by atoms with van der Waals surface area (Å²) >= 11 is 6.01. The molecule has 0 aliphatic heterocycles. The van der Waals surface area contributed by atoms with Crippen molar-refractivity contribution in [2.45, 2.75) is 45.8 Å². The van der Waals surface area contributed by atoms with Gasteiger partial charge in [-0.2, -0.15) is 4.98 Å². The molecule has 0 amide bonds. The zero-order valence-electron chi connectivity index (χ0n) is 16.8. The summed E-state index contributed by atoms with van der Waals surface area (Å²) in [6, 6.07) is 14.6. The lowest BCUT2D eigenvalue weighted by atomic mass is 10.1. The van der Waals surface area contributed by atoms with E-state index in [1.807, 2.05) is 45.0 Å². The summed E-state index contributed by atoms with van der Waals surface area (Å²) in [5.41, 5.74) is 1.20. The molecule has 2 aromatic carbocycles. The maximum atomic E-state index is 12.0. The molecule has 29 heavy (non-hydrogen) atoms. The summed E-state index contributed by atoms with van der Waals surface area (Å²) in [4.78, 5) is 16.5. The van der Waals surface area contributed by atoms with Crippen LogP contribution in [0.3, 0.4) is 0 Å². The van der Waals surface area contributed by atoms with Crippen LogP contribution in [0.4, 0.5) is 0 Å². The van der Waals surface area contributed by atoms with E-state index in [1.54, 1.807) is 31.2 Å². The van der Waals surface area contributed by atoms with Crippen LogP contribution in [0, 0.1) is 0 Å². The summed E-state index contributed by atoms with van der Waals surface area (Å²) in [6.07, 6.45) is -0.189. The van der Waals surface area contributed by atoms with E-state index >= 15 is 0 Å². The Balaban J connectivity index is 1.63. The van der Waals surface area contributed by atoms with E-state index in [1.165, 1.54) is 0 Å². The SMILES string of the molecule is CC(Oc1ccc(-c2nc(Cc3cccc(Cl)c3)no2)cc1)C(=O)OC(C)(C)C. The molecule has 1 atom stereocenters. The molecule has 7 heteroatoms. The van der Waals surface area contributed by atoms with E-state index in [0.717, 1.165) is 11.1 Å². The molecule has 0 aliphatic rings. The highest BCUT2D eigenvalue weighted by molar-refractivity contribution is 6.30. The fraction of sp³-hybridized carbons (Fsp3) is 0.318. The number of aromatic nitrogens is 2. The second-order valence-electron chi connectivity index (χ2n) is 7.64. The topological polar surface area (TPSA) is 74.5 Å². The lowest BCUT2D eigenvalue weighted by molar-refractivity contribution is -0.162. The quantitative estimate of drug-likeness (QED) is 0.523. The number of carbonyl (C=O) groups is 1. The Hall–Kier alpha value is -2.86. The molecule has 0 saturated carbocycles. The first kappa shape index (κ1) is 20.9. The van der Waals surface area contributed by atoms with E-state index in [4.69, 9.17) is 25.6 Å². The molecular weight excluding hydrogens is 392 g/mol. The number of carbonyl (C=O) groups excluding carboxylic acids is 1. The largest absolute Gasteiger partial charge is 0.479 e. The second kappa shape index (κ2) is 8.66. The predicted octanol–water partition coefficient (Wildman–Crippen LogP) is 5.09. The highest BCUT2D eigenvalue weighted by Gasteiger charge is 2.23. The van der Waals surface area contributed by atoms with Gasteiger partial charge in [0.2, 0.25) is 0 Å². The van der Waals surface area contributed by atoms with Crippen molar-refractivity contribution in [3.05, 3.63) is 64.9 Å². The van der Waals surface area contributed by atoms with Crippen molar-refractivity contribution in [2.75, 3.05) is 0 Å². The zero-order valence-corrected chi connectivity index (χ0v) is 17.6. The first-order chi connectivity index (χ1) is 13.7. The van der Waals surface area contributed by atoms with Crippen LogP contribution in [0.25, 0.3) is 11.5 Å². The van der Waals surface area contributed by atoms with Crippen molar-refractivity contribution < 1.29 is 18.8 Å². The van der Waals surface area contributed by atoms with E-state index in [9.17, 15) is 4.79 Å². The van der Waals surface area contributed by atoms with Crippen molar-refractivity contribution in [3.8, 4) is 17.2 Å². The summed E-state index contributed by atoms with van der Waals surface area (Å²) in [7, 11) is 0. The lowest BCUT2D eigenvalue weighted by Crippen LogP contribution is -2.33. The molecule has 3 rings (SSSR count). The minimum atomic E-state index is -0.715. The molecule has 152 valence electrons. The standard InChI is InChI=1S/C22H23ClN2O4/c1-14(21(26)28-22(2,3)4)27-18-10-8-16(9-11-18)20-24-19(25-29-20)13-15-6-5-7-17(23)12-15/h5-12,14H,13H2,1-4H3. The molecule has 0 radical (unpaired) electrons. The van der Waals surface area contributed by atoms with Crippen LogP contribution >= 0.6 is 11.6 Å². The predicted molar refractivity (Wildman–Crippen MR) is 110 cm³/mol. The van der Waals surface area contributed by atoms with E-state index in [2.05, 4.69) is 10.1 Å². The van der Waals surface area contributed by atoms with E-state index < -0.39 is 17.7 Å². The van der Waals surface area contributed by atoms with Crippen LogP contribution in [0.15, 0.2) is 53.1 Å². The minimum absolute atomic E-state index is 0.411. The molecule has 1 aromatic heterocycles. The third-order valence-electron chi connectivity index (χ3n) is 3.87. The van der Waals surface area contributed by atoms with Gasteiger partial charge in [0.05, 0.1) is 0 Å². The Labute approximate surface area is 174 Å². The van der Waals surface area contributed by atoms with E-state index in [0.29, 0.717) is 28.9 Å². The van der Waals surface area contributed by atoms with E-state index in [-0.39, 0.29) is 0 Å². The number of halogens is 1. The Morgan fingerprint density at radius 2 is 1.90 bits per heavy atom. The summed E-state index contributed by atoms with van der Waals surface area (Å²) in [5, 5.41) is 4.69. The first-order valence-electron chi connectivity index (χ1n) is 9.26. The molecule has 0 bridgehead atoms. The van der Waals surface area contributed by atoms with Crippen LogP contribution in [0.5, 0.6) is 5.75 Å². The van der Waals surface area contributed by atoms with Gasteiger partial charge in [-0.15, -0.1) is 0 Å². The van der Waals surface area contributed by atoms with Crippen molar-refractivity contribution >= 4 is 17.6 Å². The van der Waals surface area contributed by atoms with Gasteiger partial charge in [-0.3, -0.25) is 0 Å². The fourth-order valence-electron chi connectivity index (χ4n) is 2.59. The molecule has 1 unspecified atom stereocenters. The highest BCUT2D eigenvalue weighted by Crippen LogP contribution is 2.23. The van der Waals surface area contributed by atoms with Crippen molar-refractivity contribution in [3.63, 3.8) is 0 Å². The van der Waals surface area contributed by atoms with Crippen LogP contribution < -0.4 is 4.74 Å². The number of hydrogen-bond acceptors (Lipinski definition) is 6. The van der Waals surface area contributed by atoms with Gasteiger partial charge in [0.1, 0.15) is 11.4 Å². The summed E-state index contributed by atoms with van der Waals surface area (Å²) < 4.78 is 16.3. The van der Waals surface area contributed by atoms with Gasteiger partial charge in [0.25, 0.3) is 5.89 Å². The van der Waals surface area contributed by atoms with Gasteiger partial charge in [-0.25, -0.2) is 4.79 Å². The second-order valence-corrected chi connectivity index (χ2v) is 8.08. The average molecular weight is 415 g/mol. The minimum Gasteiger partial charge on any atom is -0.479 e. The van der Waals surface area contributed by atoms with Gasteiger partial charge in [-0.1, -0.05) is 28.9 Å². The molecule has 0 N–H and O–H groups in total. The van der Waals surface area contributed by atoms with Gasteiger partial charge in [0.15, 0.2) is 11.9 Å². The molecule has 0 spiro atoms. The molecule has 3 aromatic rings. The smallest absolute Gasteiger partial charge is 0.347 e. The van der Waals surface area contributed by atoms with Crippen LogP contribution in [0.2, 0.25) is 5.02 Å². The Morgan fingerprint density at radius 1 is 1.17 bits per heavy atom. The Kier molecular flexibility index (Phi) is 6.23. The van der Waals surface area contributed by atoms with Crippen molar-refractivity contribution in [1.29, 1.82) is 0 Å². The van der Waals surface area contributed by atoms with Gasteiger partial charge < -0.3 is 14.0 Å². The maximum Gasteiger partial charge on any atom is 0.347 e. The molecule has 0 saturated heterocycles. The molecule has 0 fully saturated rings. The van der Waals surface area contributed by atoms with Gasteiger partial charge in [-0.05, 0) is 69.7 Å². The number of esters is 1. The third-order valence-corrected chi connectivity index (χ3v) is 4.11. The number of nitrogens with zero attached hydrogens (tertiary/aromatic N) is 2. The van der Waals surface area contributed by atoms with Crippen molar-refractivity contribution in [2.24, 2.45) is 0 Å². The van der Waals surface area contributed by atoms with Crippen LogP contribution in [0.1, 0.15) is 39.1 Å². The normalized spacial score (nSPS) is 12.4. The Morgan fingerprint density at radius 3 is 2.55 bits per heavy atom. The molecule has 0 aliphatic carbocycles. The summed E-state index contributed by atoms with van der Waals surface area (Å²) in [5.74, 6) is 1.12. The molecule has 6 nitrogen and oxygen atoms in total. The van der Waals surface area contributed by atoms with Crippen LogP contribution in [-0.4, -0.2) is 27.8 Å². The summed E-state index contributed by atoms with van der Waals surface area (Å²) in [6.45, 7) is 7.11. The maximum absolute atomic E-state index is 12.0. The number of benzene rings is 2. The molecule has 1 heterocycles. The fourth-order valence-corrected chi connectivity index (χ4v) is 2.80. The zero-order chi connectivity index (χ0) is 21.0. The number of hydrogen-bond donors (Lipinski definition) is 0. The van der Waals surface area contributed by atoms with Crippen molar-refractivity contribution in [1.82, 2.24) is 10.1 Å². The first-order valence-corrected chi connectivity index (χ1v) is 9.64. The average Bonchev–Trinajstić information content (AvgIpc) is 3.09. The Bertz CT molecular complexity index is 977. The third kappa shape index (κ3) is 6.06.